The van der Waals surface area contributed by atoms with Crippen molar-refractivity contribution >= 4 is 46.8 Å². The number of rotatable bonds is 4. The first-order chi connectivity index (χ1) is 8.00. The van der Waals surface area contributed by atoms with Crippen LogP contribution >= 0.6 is 34.8 Å². The molecule has 0 spiro atoms. The fourth-order valence-corrected chi connectivity index (χ4v) is 1.92. The molecular formula is C12H12Cl3NO. The third-order valence-corrected chi connectivity index (χ3v) is 3.04. The molecule has 1 amide bonds. The van der Waals surface area contributed by atoms with Crippen LogP contribution in [-0.2, 0) is 4.79 Å². The maximum absolute atomic E-state index is 10.6. The van der Waals surface area contributed by atoms with E-state index in [1.807, 2.05) is 12.2 Å². The highest BCUT2D eigenvalue weighted by atomic mass is 35.5. The monoisotopic (exact) mass is 291 g/mol. The van der Waals surface area contributed by atoms with E-state index in [9.17, 15) is 4.79 Å². The van der Waals surface area contributed by atoms with Gasteiger partial charge in [0, 0.05) is 18.5 Å². The summed E-state index contributed by atoms with van der Waals surface area (Å²) in [5.74, 6) is -0.0396. The van der Waals surface area contributed by atoms with Gasteiger partial charge in [0.2, 0.25) is 5.91 Å². The molecule has 92 valence electrons. The maximum atomic E-state index is 10.6. The molecule has 0 saturated carbocycles. The van der Waals surface area contributed by atoms with Crippen LogP contribution in [-0.4, -0.2) is 12.5 Å². The number of benzene rings is 1. The molecule has 5 heteroatoms. The average molecular weight is 293 g/mol. The summed E-state index contributed by atoms with van der Waals surface area (Å²) in [6.45, 7) is 2.08. The topological polar surface area (TPSA) is 29.1 Å². The van der Waals surface area contributed by atoms with Crippen LogP contribution in [0.5, 0.6) is 0 Å². The van der Waals surface area contributed by atoms with Crippen molar-refractivity contribution < 1.29 is 4.79 Å². The minimum atomic E-state index is -0.0396. The normalized spacial score (nSPS) is 10.8. The Morgan fingerprint density at radius 3 is 2.71 bits per heavy atom. The molecule has 0 unspecified atom stereocenters. The van der Waals surface area contributed by atoms with Gasteiger partial charge in [-0.3, -0.25) is 4.79 Å². The number of carbonyl (C=O) groups is 1. The van der Waals surface area contributed by atoms with E-state index in [-0.39, 0.29) is 5.91 Å². The summed E-state index contributed by atoms with van der Waals surface area (Å²) >= 11 is 17.8. The number of hydrogen-bond donors (Lipinski definition) is 1. The first-order valence-electron chi connectivity index (χ1n) is 5.06. The van der Waals surface area contributed by atoms with Crippen LogP contribution in [0.3, 0.4) is 0 Å². The Bertz CT molecular complexity index is 444. The number of halogens is 3. The van der Waals surface area contributed by atoms with Crippen LogP contribution in [0.25, 0.3) is 6.08 Å². The van der Waals surface area contributed by atoms with E-state index in [1.165, 1.54) is 6.92 Å². The molecule has 1 aromatic carbocycles. The van der Waals surface area contributed by atoms with Crippen molar-refractivity contribution in [1.29, 1.82) is 0 Å². The summed E-state index contributed by atoms with van der Waals surface area (Å²) in [5.41, 5.74) is 0.770. The second-order valence-corrected chi connectivity index (χ2v) is 4.69. The predicted octanol–water partition coefficient (Wildman–Crippen LogP) is 4.19. The van der Waals surface area contributed by atoms with Crippen molar-refractivity contribution in [3.8, 4) is 0 Å². The van der Waals surface area contributed by atoms with E-state index in [0.717, 1.165) is 12.0 Å². The van der Waals surface area contributed by atoms with Crippen molar-refractivity contribution in [3.05, 3.63) is 38.8 Å². The maximum Gasteiger partial charge on any atom is 0.216 e. The van der Waals surface area contributed by atoms with Gasteiger partial charge in [0.25, 0.3) is 0 Å². The number of amides is 1. The summed E-state index contributed by atoms with van der Waals surface area (Å²) < 4.78 is 0. The predicted molar refractivity (Wildman–Crippen MR) is 73.8 cm³/mol. The zero-order chi connectivity index (χ0) is 12.8. The molecule has 0 radical (unpaired) electrons. The minimum Gasteiger partial charge on any atom is -0.356 e. The molecule has 1 N–H and O–H groups in total. The van der Waals surface area contributed by atoms with E-state index in [4.69, 9.17) is 34.8 Å². The van der Waals surface area contributed by atoms with Crippen molar-refractivity contribution in [3.63, 3.8) is 0 Å². The Morgan fingerprint density at radius 1 is 1.35 bits per heavy atom. The summed E-state index contributed by atoms with van der Waals surface area (Å²) in [4.78, 5) is 10.6. The molecule has 0 saturated heterocycles. The van der Waals surface area contributed by atoms with Gasteiger partial charge in [-0.05, 0) is 24.1 Å². The highest BCUT2D eigenvalue weighted by Crippen LogP contribution is 2.30. The van der Waals surface area contributed by atoms with Gasteiger partial charge >= 0.3 is 0 Å². The second kappa shape index (κ2) is 6.90. The Kier molecular flexibility index (Phi) is 5.83. The second-order valence-electron chi connectivity index (χ2n) is 3.46. The average Bonchev–Trinajstić information content (AvgIpc) is 2.23. The number of hydrogen-bond acceptors (Lipinski definition) is 1. The van der Waals surface area contributed by atoms with Crippen LogP contribution < -0.4 is 5.32 Å². The number of nitrogens with one attached hydrogen (secondary N) is 1. The van der Waals surface area contributed by atoms with E-state index in [1.54, 1.807) is 12.1 Å². The Balaban J connectivity index is 2.62. The lowest BCUT2D eigenvalue weighted by atomic mass is 10.2. The van der Waals surface area contributed by atoms with Gasteiger partial charge in [-0.25, -0.2) is 0 Å². The molecule has 0 heterocycles. The molecule has 2 nitrogen and oxygen atoms in total. The molecule has 1 rings (SSSR count). The third-order valence-electron chi connectivity index (χ3n) is 2.00. The highest BCUT2D eigenvalue weighted by molar-refractivity contribution is 6.44. The van der Waals surface area contributed by atoms with E-state index in [2.05, 4.69) is 5.32 Å². The van der Waals surface area contributed by atoms with Crippen LogP contribution in [0.15, 0.2) is 18.2 Å². The lowest BCUT2D eigenvalue weighted by molar-refractivity contribution is -0.118. The molecule has 0 aromatic heterocycles. The van der Waals surface area contributed by atoms with Crippen molar-refractivity contribution in [1.82, 2.24) is 5.32 Å². The minimum absolute atomic E-state index is 0.0396. The van der Waals surface area contributed by atoms with E-state index >= 15 is 0 Å². The molecule has 0 aliphatic heterocycles. The van der Waals surface area contributed by atoms with Crippen LogP contribution in [0.1, 0.15) is 18.9 Å². The van der Waals surface area contributed by atoms with Gasteiger partial charge in [0.05, 0.1) is 10.0 Å². The largest absolute Gasteiger partial charge is 0.356 e. The molecule has 0 aliphatic rings. The summed E-state index contributed by atoms with van der Waals surface area (Å²) in [5, 5.41) is 4.15. The van der Waals surface area contributed by atoms with Crippen LogP contribution in [0.2, 0.25) is 15.1 Å². The van der Waals surface area contributed by atoms with Crippen LogP contribution in [0, 0.1) is 0 Å². The van der Waals surface area contributed by atoms with Gasteiger partial charge in [-0.2, -0.15) is 0 Å². The van der Waals surface area contributed by atoms with Gasteiger partial charge in [-0.1, -0.05) is 47.0 Å². The van der Waals surface area contributed by atoms with Gasteiger partial charge in [0.1, 0.15) is 0 Å². The fraction of sp³-hybridized carbons (Fsp3) is 0.250. The highest BCUT2D eigenvalue weighted by Gasteiger charge is 2.03. The SMILES string of the molecule is CC(=O)NCCC=Cc1cc(Cl)cc(Cl)c1Cl. The summed E-state index contributed by atoms with van der Waals surface area (Å²) in [6.07, 6.45) is 4.46. The third kappa shape index (κ3) is 4.99. The lowest BCUT2D eigenvalue weighted by Gasteiger charge is -2.02. The zero-order valence-corrected chi connectivity index (χ0v) is 11.5. The van der Waals surface area contributed by atoms with Gasteiger partial charge in [-0.15, -0.1) is 0 Å². The summed E-state index contributed by atoms with van der Waals surface area (Å²) in [7, 11) is 0. The zero-order valence-electron chi connectivity index (χ0n) is 9.27. The van der Waals surface area contributed by atoms with Crippen molar-refractivity contribution in [2.75, 3.05) is 6.54 Å². The van der Waals surface area contributed by atoms with Crippen molar-refractivity contribution in [2.24, 2.45) is 0 Å². The quantitative estimate of drug-likeness (QED) is 0.654. The smallest absolute Gasteiger partial charge is 0.216 e. The molecule has 0 aliphatic carbocycles. The molecule has 1 aromatic rings. The van der Waals surface area contributed by atoms with Gasteiger partial charge < -0.3 is 5.32 Å². The van der Waals surface area contributed by atoms with E-state index < -0.39 is 0 Å². The Hall–Kier alpha value is -0.700. The Labute approximate surface area is 116 Å². The molecule has 0 atom stereocenters. The molecule has 0 fully saturated rings. The van der Waals surface area contributed by atoms with E-state index in [0.29, 0.717) is 21.6 Å². The van der Waals surface area contributed by atoms with Crippen molar-refractivity contribution in [2.45, 2.75) is 13.3 Å². The summed E-state index contributed by atoms with van der Waals surface area (Å²) in [6, 6.07) is 3.34. The first-order valence-corrected chi connectivity index (χ1v) is 6.19. The number of carbonyl (C=O) groups excluding carboxylic acids is 1. The molecule has 0 bridgehead atoms. The van der Waals surface area contributed by atoms with Gasteiger partial charge in [0.15, 0.2) is 0 Å². The molecule has 17 heavy (non-hydrogen) atoms. The fourth-order valence-electron chi connectivity index (χ4n) is 1.24. The standard InChI is InChI=1S/C12H12Cl3NO/c1-8(17)16-5-3-2-4-9-6-10(13)7-11(14)12(9)15/h2,4,6-7H,3,5H2,1H3,(H,16,17). The first kappa shape index (κ1) is 14.4. The van der Waals surface area contributed by atoms with Crippen LogP contribution in [0.4, 0.5) is 0 Å². The molecular weight excluding hydrogens is 280 g/mol. The Morgan fingerprint density at radius 2 is 2.06 bits per heavy atom. The lowest BCUT2D eigenvalue weighted by Crippen LogP contribution is -2.20.